The van der Waals surface area contributed by atoms with Gasteiger partial charge in [-0.05, 0) is 19.3 Å². The Hall–Kier alpha value is -2.37. The SMILES string of the molecule is CCCCCC(=O)Oc1cc(OC(=O)CCCCC)cc(OC(=O)CCCCC)c1. The highest BCUT2D eigenvalue weighted by Crippen LogP contribution is 2.29. The van der Waals surface area contributed by atoms with Gasteiger partial charge in [0.05, 0.1) is 0 Å². The number of rotatable bonds is 15. The van der Waals surface area contributed by atoms with Crippen LogP contribution in [0.1, 0.15) is 97.8 Å². The zero-order chi connectivity index (χ0) is 22.2. The van der Waals surface area contributed by atoms with E-state index < -0.39 is 0 Å². The topological polar surface area (TPSA) is 78.9 Å². The number of hydrogen-bond acceptors (Lipinski definition) is 6. The fraction of sp³-hybridized carbons (Fsp3) is 0.625. The van der Waals surface area contributed by atoms with Gasteiger partial charge in [0.2, 0.25) is 0 Å². The molecule has 0 amide bonds. The summed E-state index contributed by atoms with van der Waals surface area (Å²) in [5, 5.41) is 0. The van der Waals surface area contributed by atoms with Crippen molar-refractivity contribution in [2.24, 2.45) is 0 Å². The molecule has 0 aliphatic rings. The van der Waals surface area contributed by atoms with E-state index in [9.17, 15) is 14.4 Å². The Balaban J connectivity index is 2.84. The van der Waals surface area contributed by atoms with Gasteiger partial charge in [-0.1, -0.05) is 59.3 Å². The molecule has 0 atom stereocenters. The molecule has 1 aromatic carbocycles. The quantitative estimate of drug-likeness (QED) is 0.192. The summed E-state index contributed by atoms with van der Waals surface area (Å²) < 4.78 is 16.1. The molecule has 0 aliphatic carbocycles. The van der Waals surface area contributed by atoms with E-state index >= 15 is 0 Å². The van der Waals surface area contributed by atoms with Crippen molar-refractivity contribution in [3.05, 3.63) is 18.2 Å². The highest BCUT2D eigenvalue weighted by Gasteiger charge is 2.14. The summed E-state index contributed by atoms with van der Waals surface area (Å²) in [4.78, 5) is 36.2. The number of carbonyl (C=O) groups is 3. The summed E-state index contributed by atoms with van der Waals surface area (Å²) in [6.07, 6.45) is 9.05. The van der Waals surface area contributed by atoms with E-state index in [1.807, 2.05) is 0 Å². The lowest BCUT2D eigenvalue weighted by Gasteiger charge is -2.11. The first-order valence-electron chi connectivity index (χ1n) is 11.3. The molecule has 0 fully saturated rings. The Labute approximate surface area is 180 Å². The number of benzene rings is 1. The predicted octanol–water partition coefficient (Wildman–Crippen LogP) is 6.14. The van der Waals surface area contributed by atoms with Crippen LogP contribution in [-0.4, -0.2) is 17.9 Å². The van der Waals surface area contributed by atoms with Crippen LogP contribution in [0.15, 0.2) is 18.2 Å². The molecule has 0 radical (unpaired) electrons. The monoisotopic (exact) mass is 420 g/mol. The first kappa shape index (κ1) is 25.7. The van der Waals surface area contributed by atoms with Gasteiger partial charge >= 0.3 is 17.9 Å². The van der Waals surface area contributed by atoms with Crippen LogP contribution >= 0.6 is 0 Å². The standard InChI is InChI=1S/C24H36O6/c1-4-7-10-13-22(25)28-19-16-20(29-23(26)14-11-8-5-2)18-21(17-19)30-24(27)15-12-9-6-3/h16-18H,4-15H2,1-3H3. The van der Waals surface area contributed by atoms with Crippen molar-refractivity contribution in [1.29, 1.82) is 0 Å². The van der Waals surface area contributed by atoms with E-state index in [2.05, 4.69) is 20.8 Å². The molecular weight excluding hydrogens is 384 g/mol. The molecule has 0 bridgehead atoms. The highest BCUT2D eigenvalue weighted by atomic mass is 16.6. The second-order valence-electron chi connectivity index (χ2n) is 7.43. The molecule has 168 valence electrons. The van der Waals surface area contributed by atoms with Gasteiger partial charge in [0, 0.05) is 37.5 Å². The summed E-state index contributed by atoms with van der Waals surface area (Å²) >= 11 is 0. The first-order valence-corrected chi connectivity index (χ1v) is 11.3. The van der Waals surface area contributed by atoms with Crippen LogP contribution in [0, 0.1) is 0 Å². The van der Waals surface area contributed by atoms with Crippen molar-refractivity contribution < 1.29 is 28.6 Å². The number of carbonyl (C=O) groups excluding carboxylic acids is 3. The van der Waals surface area contributed by atoms with E-state index in [0.29, 0.717) is 19.3 Å². The van der Waals surface area contributed by atoms with Gasteiger partial charge in [0.15, 0.2) is 0 Å². The minimum atomic E-state index is -0.366. The summed E-state index contributed by atoms with van der Waals surface area (Å²) in [6, 6.07) is 4.43. The number of hydrogen-bond donors (Lipinski definition) is 0. The fourth-order valence-electron chi connectivity index (χ4n) is 2.83. The van der Waals surface area contributed by atoms with Gasteiger partial charge in [0.1, 0.15) is 17.2 Å². The Bertz CT molecular complexity index is 565. The van der Waals surface area contributed by atoms with E-state index in [1.165, 1.54) is 18.2 Å². The molecular formula is C24H36O6. The molecule has 0 aliphatic heterocycles. The van der Waals surface area contributed by atoms with Gasteiger partial charge in [-0.25, -0.2) is 0 Å². The van der Waals surface area contributed by atoms with Crippen LogP contribution in [0.2, 0.25) is 0 Å². The highest BCUT2D eigenvalue weighted by molar-refractivity contribution is 5.76. The minimum Gasteiger partial charge on any atom is -0.426 e. The van der Waals surface area contributed by atoms with Crippen molar-refractivity contribution in [3.63, 3.8) is 0 Å². The molecule has 0 saturated heterocycles. The molecule has 1 rings (SSSR count). The average molecular weight is 421 g/mol. The maximum absolute atomic E-state index is 12.1. The van der Waals surface area contributed by atoms with Crippen molar-refractivity contribution in [2.45, 2.75) is 97.8 Å². The van der Waals surface area contributed by atoms with Crippen LogP contribution in [0.4, 0.5) is 0 Å². The molecule has 0 N–H and O–H groups in total. The predicted molar refractivity (Wildman–Crippen MR) is 116 cm³/mol. The summed E-state index contributed by atoms with van der Waals surface area (Å²) in [6.45, 7) is 6.18. The summed E-state index contributed by atoms with van der Waals surface area (Å²) in [7, 11) is 0. The summed E-state index contributed by atoms with van der Waals surface area (Å²) in [5.74, 6) is -0.495. The lowest BCUT2D eigenvalue weighted by atomic mass is 10.2. The molecule has 6 nitrogen and oxygen atoms in total. The first-order chi connectivity index (χ1) is 14.5. The normalized spacial score (nSPS) is 10.5. The van der Waals surface area contributed by atoms with Crippen molar-refractivity contribution in [1.82, 2.24) is 0 Å². The van der Waals surface area contributed by atoms with Crippen LogP contribution in [-0.2, 0) is 14.4 Å². The second-order valence-corrected chi connectivity index (χ2v) is 7.43. The number of esters is 3. The molecule has 1 aromatic rings. The third-order valence-electron chi connectivity index (χ3n) is 4.50. The molecule has 0 aromatic heterocycles. The Morgan fingerprint density at radius 3 is 1.03 bits per heavy atom. The zero-order valence-electron chi connectivity index (χ0n) is 18.7. The van der Waals surface area contributed by atoms with Gasteiger partial charge in [0.25, 0.3) is 0 Å². The lowest BCUT2D eigenvalue weighted by molar-refractivity contribution is -0.135. The number of unbranched alkanes of at least 4 members (excludes halogenated alkanes) is 6. The summed E-state index contributed by atoms with van der Waals surface area (Å²) in [5.41, 5.74) is 0. The van der Waals surface area contributed by atoms with Crippen molar-refractivity contribution >= 4 is 17.9 Å². The zero-order valence-corrected chi connectivity index (χ0v) is 18.7. The van der Waals surface area contributed by atoms with Crippen molar-refractivity contribution in [3.8, 4) is 17.2 Å². The molecule has 0 heterocycles. The molecule has 0 unspecified atom stereocenters. The molecule has 0 saturated carbocycles. The van der Waals surface area contributed by atoms with Gasteiger partial charge in [-0.15, -0.1) is 0 Å². The Morgan fingerprint density at radius 2 is 0.800 bits per heavy atom. The van der Waals surface area contributed by atoms with Gasteiger partial charge < -0.3 is 14.2 Å². The fourth-order valence-corrected chi connectivity index (χ4v) is 2.83. The largest absolute Gasteiger partial charge is 0.426 e. The van der Waals surface area contributed by atoms with E-state index in [4.69, 9.17) is 14.2 Å². The van der Waals surface area contributed by atoms with Crippen LogP contribution in [0.25, 0.3) is 0 Å². The van der Waals surface area contributed by atoms with Crippen LogP contribution in [0.5, 0.6) is 17.2 Å². The number of ether oxygens (including phenoxy) is 3. The third kappa shape index (κ3) is 11.6. The smallest absolute Gasteiger partial charge is 0.311 e. The second kappa shape index (κ2) is 15.5. The average Bonchev–Trinajstić information content (AvgIpc) is 2.68. The van der Waals surface area contributed by atoms with Gasteiger partial charge in [-0.3, -0.25) is 14.4 Å². The Morgan fingerprint density at radius 1 is 0.533 bits per heavy atom. The van der Waals surface area contributed by atoms with Crippen LogP contribution in [0.3, 0.4) is 0 Å². The maximum Gasteiger partial charge on any atom is 0.311 e. The third-order valence-corrected chi connectivity index (χ3v) is 4.50. The molecule has 0 spiro atoms. The van der Waals surface area contributed by atoms with Gasteiger partial charge in [-0.2, -0.15) is 0 Å². The van der Waals surface area contributed by atoms with E-state index in [-0.39, 0.29) is 35.2 Å². The molecule has 6 heteroatoms. The minimum absolute atomic E-state index is 0.201. The van der Waals surface area contributed by atoms with E-state index in [1.54, 1.807) is 0 Å². The maximum atomic E-state index is 12.1. The Kier molecular flexibility index (Phi) is 13.2. The lowest BCUT2D eigenvalue weighted by Crippen LogP contribution is -2.11. The van der Waals surface area contributed by atoms with Crippen LogP contribution < -0.4 is 14.2 Å². The van der Waals surface area contributed by atoms with E-state index in [0.717, 1.165) is 57.8 Å². The molecule has 30 heavy (non-hydrogen) atoms. The van der Waals surface area contributed by atoms with Crippen molar-refractivity contribution in [2.75, 3.05) is 0 Å².